The molecule has 0 saturated heterocycles. The molecule has 1 aromatic rings. The normalized spacial score (nSPS) is 10.1. The maximum atomic E-state index is 12.7. The molecule has 0 atom stereocenters. The van der Waals surface area contributed by atoms with Crippen molar-refractivity contribution in [3.8, 4) is 0 Å². The SMILES string of the molecule is CCC(=O)c1ccc(F)cc1CN. The molecule has 0 bridgehead atoms. The molecule has 0 amide bonds. The van der Waals surface area contributed by atoms with Gasteiger partial charge in [0.2, 0.25) is 0 Å². The number of rotatable bonds is 3. The van der Waals surface area contributed by atoms with Gasteiger partial charge in [0.25, 0.3) is 0 Å². The molecule has 0 heterocycles. The van der Waals surface area contributed by atoms with Crippen LogP contribution in [-0.4, -0.2) is 5.78 Å². The molecule has 70 valence electrons. The van der Waals surface area contributed by atoms with Crippen LogP contribution < -0.4 is 5.73 Å². The number of hydrogen-bond donors (Lipinski definition) is 1. The predicted octanol–water partition coefficient (Wildman–Crippen LogP) is 1.88. The van der Waals surface area contributed by atoms with Crippen molar-refractivity contribution in [2.24, 2.45) is 5.73 Å². The van der Waals surface area contributed by atoms with Crippen LogP contribution in [0.25, 0.3) is 0 Å². The molecule has 0 saturated carbocycles. The number of ketones is 1. The quantitative estimate of drug-likeness (QED) is 0.723. The van der Waals surface area contributed by atoms with Crippen molar-refractivity contribution in [2.45, 2.75) is 19.9 Å². The first kappa shape index (κ1) is 9.86. The third-order valence-electron chi connectivity index (χ3n) is 1.91. The average molecular weight is 181 g/mol. The number of Topliss-reactive ketones (excluding diaryl/α,β-unsaturated/α-hetero) is 1. The van der Waals surface area contributed by atoms with E-state index in [9.17, 15) is 9.18 Å². The predicted molar refractivity (Wildman–Crippen MR) is 48.9 cm³/mol. The molecule has 0 unspecified atom stereocenters. The van der Waals surface area contributed by atoms with Gasteiger partial charge in [-0.3, -0.25) is 4.79 Å². The van der Waals surface area contributed by atoms with E-state index >= 15 is 0 Å². The molecule has 0 aliphatic carbocycles. The molecule has 0 aliphatic rings. The molecule has 3 heteroatoms. The highest BCUT2D eigenvalue weighted by Gasteiger charge is 2.08. The Balaban J connectivity index is 3.13. The summed E-state index contributed by atoms with van der Waals surface area (Å²) in [4.78, 5) is 11.3. The lowest BCUT2D eigenvalue weighted by Crippen LogP contribution is -2.07. The van der Waals surface area contributed by atoms with E-state index in [0.717, 1.165) is 0 Å². The first-order chi connectivity index (χ1) is 6.19. The molecule has 1 rings (SSSR count). The summed E-state index contributed by atoms with van der Waals surface area (Å²) in [5.74, 6) is -0.353. The number of carbonyl (C=O) groups is 1. The molecule has 13 heavy (non-hydrogen) atoms. The van der Waals surface area contributed by atoms with Gasteiger partial charge in [0, 0.05) is 18.5 Å². The molecule has 0 aliphatic heterocycles. The number of benzene rings is 1. The highest BCUT2D eigenvalue weighted by molar-refractivity contribution is 5.97. The van der Waals surface area contributed by atoms with Crippen molar-refractivity contribution in [3.63, 3.8) is 0 Å². The van der Waals surface area contributed by atoms with Gasteiger partial charge in [-0.25, -0.2) is 4.39 Å². The maximum Gasteiger partial charge on any atom is 0.162 e. The number of halogens is 1. The van der Waals surface area contributed by atoms with Crippen molar-refractivity contribution in [2.75, 3.05) is 0 Å². The molecular weight excluding hydrogens is 169 g/mol. The van der Waals surface area contributed by atoms with Crippen molar-refractivity contribution >= 4 is 5.78 Å². The minimum Gasteiger partial charge on any atom is -0.326 e. The third kappa shape index (κ3) is 2.12. The number of nitrogens with two attached hydrogens (primary N) is 1. The van der Waals surface area contributed by atoms with Crippen molar-refractivity contribution in [1.29, 1.82) is 0 Å². The van der Waals surface area contributed by atoms with Gasteiger partial charge in [0.15, 0.2) is 5.78 Å². The molecule has 2 nitrogen and oxygen atoms in total. The van der Waals surface area contributed by atoms with Crippen LogP contribution in [0.4, 0.5) is 4.39 Å². The highest BCUT2D eigenvalue weighted by atomic mass is 19.1. The summed E-state index contributed by atoms with van der Waals surface area (Å²) in [6.07, 6.45) is 0.415. The fraction of sp³-hybridized carbons (Fsp3) is 0.300. The Kier molecular flexibility index (Phi) is 3.14. The van der Waals surface area contributed by atoms with Gasteiger partial charge in [-0.1, -0.05) is 6.92 Å². The Bertz CT molecular complexity index is 323. The van der Waals surface area contributed by atoms with Gasteiger partial charge < -0.3 is 5.73 Å². The minimum absolute atomic E-state index is 0.000417. The molecule has 0 radical (unpaired) electrons. The van der Waals surface area contributed by atoms with Gasteiger partial charge in [-0.05, 0) is 23.8 Å². The van der Waals surface area contributed by atoms with Gasteiger partial charge in [0.05, 0.1) is 0 Å². The lowest BCUT2D eigenvalue weighted by molar-refractivity contribution is 0.0987. The summed E-state index contributed by atoms with van der Waals surface area (Å²) < 4.78 is 12.7. The Hall–Kier alpha value is -1.22. The Morgan fingerprint density at radius 1 is 1.54 bits per heavy atom. The molecule has 0 fully saturated rings. The van der Waals surface area contributed by atoms with Gasteiger partial charge in [-0.15, -0.1) is 0 Å². The van der Waals surface area contributed by atoms with Crippen LogP contribution in [-0.2, 0) is 6.54 Å². The van der Waals surface area contributed by atoms with E-state index in [1.165, 1.54) is 18.2 Å². The average Bonchev–Trinajstić information content (AvgIpc) is 2.16. The second kappa shape index (κ2) is 4.14. The summed E-state index contributed by atoms with van der Waals surface area (Å²) in [6.45, 7) is 1.96. The van der Waals surface area contributed by atoms with Gasteiger partial charge >= 0.3 is 0 Å². The minimum atomic E-state index is -0.354. The lowest BCUT2D eigenvalue weighted by atomic mass is 10.0. The van der Waals surface area contributed by atoms with E-state index in [-0.39, 0.29) is 18.1 Å². The van der Waals surface area contributed by atoms with E-state index in [0.29, 0.717) is 17.5 Å². The van der Waals surface area contributed by atoms with Crippen LogP contribution in [0.5, 0.6) is 0 Å². The zero-order valence-electron chi connectivity index (χ0n) is 7.51. The second-order valence-electron chi connectivity index (χ2n) is 2.78. The van der Waals surface area contributed by atoms with E-state index in [4.69, 9.17) is 5.73 Å². The topological polar surface area (TPSA) is 43.1 Å². The molecular formula is C10H12FNO. The van der Waals surface area contributed by atoms with E-state index in [1.807, 2.05) is 0 Å². The summed E-state index contributed by atoms with van der Waals surface area (Å²) in [7, 11) is 0. The monoisotopic (exact) mass is 181 g/mol. The van der Waals surface area contributed by atoms with Crippen LogP contribution in [0.3, 0.4) is 0 Å². The van der Waals surface area contributed by atoms with E-state index in [1.54, 1.807) is 6.92 Å². The van der Waals surface area contributed by atoms with Gasteiger partial charge in [0.1, 0.15) is 5.82 Å². The van der Waals surface area contributed by atoms with Crippen LogP contribution in [0.2, 0.25) is 0 Å². The lowest BCUT2D eigenvalue weighted by Gasteiger charge is -2.04. The smallest absolute Gasteiger partial charge is 0.162 e. The number of carbonyl (C=O) groups excluding carboxylic acids is 1. The summed E-state index contributed by atoms with van der Waals surface area (Å²) >= 11 is 0. The van der Waals surface area contributed by atoms with E-state index < -0.39 is 0 Å². The highest BCUT2D eigenvalue weighted by Crippen LogP contribution is 2.12. The van der Waals surface area contributed by atoms with Crippen LogP contribution in [0, 0.1) is 5.82 Å². The molecule has 0 aromatic heterocycles. The standard InChI is InChI=1S/C10H12FNO/c1-2-10(13)9-4-3-8(11)5-7(9)6-12/h3-5H,2,6,12H2,1H3. The second-order valence-corrected chi connectivity index (χ2v) is 2.78. The van der Waals surface area contributed by atoms with Crippen LogP contribution in [0.1, 0.15) is 29.3 Å². The van der Waals surface area contributed by atoms with Crippen LogP contribution >= 0.6 is 0 Å². The molecule has 2 N–H and O–H groups in total. The zero-order valence-corrected chi connectivity index (χ0v) is 7.51. The van der Waals surface area contributed by atoms with Gasteiger partial charge in [-0.2, -0.15) is 0 Å². The fourth-order valence-electron chi connectivity index (χ4n) is 1.19. The van der Waals surface area contributed by atoms with Crippen molar-refractivity contribution in [3.05, 3.63) is 35.1 Å². The third-order valence-corrected chi connectivity index (χ3v) is 1.91. The first-order valence-electron chi connectivity index (χ1n) is 4.20. The zero-order chi connectivity index (χ0) is 9.84. The van der Waals surface area contributed by atoms with E-state index in [2.05, 4.69) is 0 Å². The summed E-state index contributed by atoms with van der Waals surface area (Å²) in [5, 5.41) is 0. The maximum absolute atomic E-state index is 12.7. The Morgan fingerprint density at radius 2 is 2.23 bits per heavy atom. The van der Waals surface area contributed by atoms with Crippen molar-refractivity contribution < 1.29 is 9.18 Å². The largest absolute Gasteiger partial charge is 0.326 e. The summed E-state index contributed by atoms with van der Waals surface area (Å²) in [6, 6.07) is 4.08. The fourth-order valence-corrected chi connectivity index (χ4v) is 1.19. The number of hydrogen-bond acceptors (Lipinski definition) is 2. The first-order valence-corrected chi connectivity index (χ1v) is 4.20. The summed E-state index contributed by atoms with van der Waals surface area (Å²) in [5.41, 5.74) is 6.50. The molecule has 1 aromatic carbocycles. The van der Waals surface area contributed by atoms with Crippen molar-refractivity contribution in [1.82, 2.24) is 0 Å². The Morgan fingerprint density at radius 3 is 2.77 bits per heavy atom. The Labute approximate surface area is 76.6 Å². The molecule has 0 spiro atoms. The van der Waals surface area contributed by atoms with Crippen LogP contribution in [0.15, 0.2) is 18.2 Å².